The molecule has 0 spiro atoms. The Kier molecular flexibility index (Phi) is 9.18. The van der Waals surface area contributed by atoms with Crippen molar-refractivity contribution in [2.24, 2.45) is 23.7 Å². The van der Waals surface area contributed by atoms with Gasteiger partial charge >= 0.3 is 12.1 Å². The quantitative estimate of drug-likeness (QED) is 0.171. The van der Waals surface area contributed by atoms with Gasteiger partial charge in [-0.15, -0.1) is 0 Å². The Balaban J connectivity index is 1.02. The highest BCUT2D eigenvalue weighted by atomic mass is 19.4. The van der Waals surface area contributed by atoms with Crippen LogP contribution in [0.2, 0.25) is 0 Å². The standard InChI is InChI=1S/C41H42F6N6O4/c42-26-19-48-38(49-20-26)52-11-7-28(8-12-52)57-29-1-2-30-32(21-53(34(30)18-29)27-5-9-39(43,44)10-6-27)33-4-3-31(35(50-33)41(45,46)47)36(54)51-40(37(55)56)24-14-22-13-23(16-24)17-25(40)15-22/h1-4,18-25,27-28H,5-17H2,(H,51,54)(H,55,56). The van der Waals surface area contributed by atoms with Crippen LogP contribution in [-0.4, -0.2) is 67.2 Å². The maximum atomic E-state index is 14.8. The van der Waals surface area contributed by atoms with E-state index in [0.29, 0.717) is 91.6 Å². The number of aromatic nitrogens is 4. The normalized spacial score (nSPS) is 27.5. The Bertz CT molecular complexity index is 2160. The SMILES string of the molecule is O=C(NC1(C(=O)O)C2CC3CC(C2)CC1C3)c1ccc(-c2cn(C3CCC(F)(F)CC3)c3cc(OC4CCN(c5ncc(F)cn5)CC4)ccc23)nc1C(F)(F)F. The van der Waals surface area contributed by atoms with Crippen LogP contribution < -0.4 is 15.0 Å². The molecule has 0 atom stereocenters. The van der Waals surface area contributed by atoms with E-state index in [2.05, 4.69) is 20.3 Å². The van der Waals surface area contributed by atoms with Crippen LogP contribution in [0.1, 0.15) is 92.7 Å². The predicted molar refractivity (Wildman–Crippen MR) is 195 cm³/mol. The fourth-order valence-electron chi connectivity index (χ4n) is 10.7. The molecule has 1 aromatic carbocycles. The largest absolute Gasteiger partial charge is 0.490 e. The van der Waals surface area contributed by atoms with Gasteiger partial charge in [0.15, 0.2) is 11.5 Å². The smallest absolute Gasteiger partial charge is 0.434 e. The molecule has 57 heavy (non-hydrogen) atoms. The van der Waals surface area contributed by atoms with Crippen molar-refractivity contribution in [3.05, 3.63) is 66.0 Å². The van der Waals surface area contributed by atoms with Crippen molar-refractivity contribution in [1.29, 1.82) is 0 Å². The van der Waals surface area contributed by atoms with Crippen LogP contribution in [0.25, 0.3) is 22.2 Å². The predicted octanol–water partition coefficient (Wildman–Crippen LogP) is 8.46. The lowest BCUT2D eigenvalue weighted by Crippen LogP contribution is -2.70. The minimum atomic E-state index is -5.06. The maximum Gasteiger partial charge on any atom is 0.434 e. The topological polar surface area (TPSA) is 122 Å². The summed E-state index contributed by atoms with van der Waals surface area (Å²) in [6, 6.07) is 7.21. The molecule has 0 radical (unpaired) electrons. The number of nitrogens with zero attached hydrogens (tertiary/aromatic N) is 5. The van der Waals surface area contributed by atoms with E-state index in [9.17, 15) is 41.0 Å². The molecule has 16 heteroatoms. The van der Waals surface area contributed by atoms with E-state index in [-0.39, 0.29) is 55.4 Å². The van der Waals surface area contributed by atoms with E-state index >= 15 is 0 Å². The van der Waals surface area contributed by atoms with Gasteiger partial charge in [0, 0.05) is 68.0 Å². The van der Waals surface area contributed by atoms with Crippen molar-refractivity contribution in [3.8, 4) is 17.0 Å². The minimum Gasteiger partial charge on any atom is -0.490 e. The van der Waals surface area contributed by atoms with E-state index in [4.69, 9.17) is 4.74 Å². The molecule has 1 saturated heterocycles. The first kappa shape index (κ1) is 37.7. The zero-order valence-electron chi connectivity index (χ0n) is 31.0. The van der Waals surface area contributed by atoms with Gasteiger partial charge in [0.05, 0.1) is 29.2 Å². The summed E-state index contributed by atoms with van der Waals surface area (Å²) in [5.41, 5.74) is -3.01. The number of ether oxygens (including phenoxy) is 1. The number of piperidine rings is 1. The molecule has 4 heterocycles. The number of anilines is 1. The van der Waals surface area contributed by atoms with Gasteiger partial charge in [-0.2, -0.15) is 13.2 Å². The minimum absolute atomic E-state index is 0.0737. The average molecular weight is 797 g/mol. The van der Waals surface area contributed by atoms with Crippen LogP contribution in [0.4, 0.5) is 32.3 Å². The second-order valence-electron chi connectivity index (χ2n) is 16.7. The molecule has 302 valence electrons. The molecule has 5 saturated carbocycles. The highest BCUT2D eigenvalue weighted by molar-refractivity contribution is 6.00. The van der Waals surface area contributed by atoms with Crippen LogP contribution in [0.5, 0.6) is 5.75 Å². The van der Waals surface area contributed by atoms with Gasteiger partial charge in [-0.25, -0.2) is 32.9 Å². The van der Waals surface area contributed by atoms with Crippen molar-refractivity contribution < 1.29 is 45.8 Å². The summed E-state index contributed by atoms with van der Waals surface area (Å²) < 4.78 is 94.6. The van der Waals surface area contributed by atoms with E-state index < -0.39 is 46.6 Å². The summed E-state index contributed by atoms with van der Waals surface area (Å²) >= 11 is 0. The van der Waals surface area contributed by atoms with E-state index in [0.717, 1.165) is 24.9 Å². The third-order valence-electron chi connectivity index (χ3n) is 13.3. The van der Waals surface area contributed by atoms with Gasteiger partial charge in [-0.3, -0.25) is 4.79 Å². The van der Waals surface area contributed by atoms with Crippen molar-refractivity contribution in [3.63, 3.8) is 0 Å². The Morgan fingerprint density at radius 2 is 1.54 bits per heavy atom. The lowest BCUT2D eigenvalue weighted by molar-refractivity contribution is -0.163. The van der Waals surface area contributed by atoms with E-state index in [1.165, 1.54) is 6.07 Å². The highest BCUT2D eigenvalue weighted by Crippen LogP contribution is 2.58. The first-order valence-electron chi connectivity index (χ1n) is 19.7. The first-order valence-corrected chi connectivity index (χ1v) is 19.7. The molecule has 6 aliphatic rings. The molecule has 1 amide bonds. The fraction of sp³-hybridized carbons (Fsp3) is 0.537. The number of alkyl halides is 5. The maximum absolute atomic E-state index is 14.8. The molecule has 4 bridgehead atoms. The lowest BCUT2D eigenvalue weighted by atomic mass is 9.48. The third kappa shape index (κ3) is 6.85. The molecule has 6 fully saturated rings. The summed E-state index contributed by atoms with van der Waals surface area (Å²) in [5, 5.41) is 13.6. The molecule has 1 aliphatic heterocycles. The number of carboxylic acid groups (broad SMARTS) is 1. The fourth-order valence-corrected chi connectivity index (χ4v) is 10.7. The number of carbonyl (C=O) groups excluding carboxylic acids is 1. The van der Waals surface area contributed by atoms with Gasteiger partial charge in [-0.1, -0.05) is 0 Å². The molecule has 3 aromatic heterocycles. The summed E-state index contributed by atoms with van der Waals surface area (Å²) in [6.45, 7) is 1.13. The second kappa shape index (κ2) is 13.9. The van der Waals surface area contributed by atoms with Gasteiger partial charge in [0.1, 0.15) is 17.4 Å². The number of pyridine rings is 1. The molecule has 2 N–H and O–H groups in total. The zero-order chi connectivity index (χ0) is 39.9. The van der Waals surface area contributed by atoms with Gasteiger partial charge < -0.3 is 24.6 Å². The number of hydrogen-bond acceptors (Lipinski definition) is 7. The van der Waals surface area contributed by atoms with Crippen molar-refractivity contribution in [1.82, 2.24) is 24.8 Å². The molecule has 10 rings (SSSR count). The van der Waals surface area contributed by atoms with Crippen molar-refractivity contribution in [2.45, 2.75) is 100 Å². The molecule has 0 unspecified atom stereocenters. The summed E-state index contributed by atoms with van der Waals surface area (Å²) in [7, 11) is 0. The number of aliphatic carboxylic acids is 1. The number of halogens is 6. The Labute approximate surface area is 324 Å². The summed E-state index contributed by atoms with van der Waals surface area (Å²) in [6.07, 6.45) is 2.97. The lowest BCUT2D eigenvalue weighted by Gasteiger charge is -2.59. The zero-order valence-corrected chi connectivity index (χ0v) is 31.0. The van der Waals surface area contributed by atoms with Gasteiger partial charge in [0.2, 0.25) is 11.9 Å². The Hall–Kier alpha value is -4.89. The monoisotopic (exact) mass is 796 g/mol. The van der Waals surface area contributed by atoms with Gasteiger partial charge in [0.25, 0.3) is 5.91 Å². The number of benzene rings is 1. The number of rotatable bonds is 8. The molecule has 4 aromatic rings. The van der Waals surface area contributed by atoms with E-state index in [1.807, 2.05) is 9.47 Å². The number of amides is 1. The number of carbonyl (C=O) groups is 2. The van der Waals surface area contributed by atoms with Crippen LogP contribution in [0.15, 0.2) is 48.9 Å². The first-order chi connectivity index (χ1) is 27.2. The van der Waals surface area contributed by atoms with E-state index in [1.54, 1.807) is 24.4 Å². The molecular formula is C41H42F6N6O4. The summed E-state index contributed by atoms with van der Waals surface area (Å²) in [4.78, 5) is 40.8. The molecule has 5 aliphatic carbocycles. The van der Waals surface area contributed by atoms with Crippen LogP contribution in [-0.2, 0) is 11.0 Å². The van der Waals surface area contributed by atoms with Crippen LogP contribution in [0, 0.1) is 29.5 Å². The number of hydrogen-bond donors (Lipinski definition) is 2. The summed E-state index contributed by atoms with van der Waals surface area (Å²) in [5.74, 6) is -4.75. The third-order valence-corrected chi connectivity index (χ3v) is 13.3. The Morgan fingerprint density at radius 1 is 0.895 bits per heavy atom. The van der Waals surface area contributed by atoms with Crippen LogP contribution in [0.3, 0.4) is 0 Å². The van der Waals surface area contributed by atoms with Crippen molar-refractivity contribution >= 4 is 28.7 Å². The van der Waals surface area contributed by atoms with Crippen molar-refractivity contribution in [2.75, 3.05) is 18.0 Å². The second-order valence-corrected chi connectivity index (χ2v) is 16.7. The van der Waals surface area contributed by atoms with Gasteiger partial charge in [-0.05, 0) is 92.9 Å². The highest BCUT2D eigenvalue weighted by Gasteiger charge is 2.62. The van der Waals surface area contributed by atoms with Crippen LogP contribution >= 0.6 is 0 Å². The molecular weight excluding hydrogens is 754 g/mol. The number of carboxylic acids is 1. The Morgan fingerprint density at radius 3 is 2.16 bits per heavy atom. The number of fused-ring (bicyclic) bond motifs is 1. The average Bonchev–Trinajstić information content (AvgIpc) is 3.54. The molecule has 10 nitrogen and oxygen atoms in total. The number of nitrogens with one attached hydrogen (secondary N) is 1.